The molecule has 0 fully saturated rings. The van der Waals surface area contributed by atoms with Crippen LogP contribution < -0.4 is 5.32 Å². The van der Waals surface area contributed by atoms with Crippen molar-refractivity contribution in [2.24, 2.45) is 0 Å². The zero-order chi connectivity index (χ0) is 21.3. The normalized spacial score (nSPS) is 12.7. The maximum atomic E-state index is 12.2. The van der Waals surface area contributed by atoms with E-state index in [-0.39, 0.29) is 11.3 Å². The summed E-state index contributed by atoms with van der Waals surface area (Å²) >= 11 is 0. The third-order valence-electron chi connectivity index (χ3n) is 4.86. The molecule has 28 heavy (non-hydrogen) atoms. The van der Waals surface area contributed by atoms with Crippen LogP contribution in [0, 0.1) is 0 Å². The monoisotopic (exact) mass is 401 g/mol. The van der Waals surface area contributed by atoms with Gasteiger partial charge in [-0.25, -0.2) is 8.42 Å². The Morgan fingerprint density at radius 2 is 1.57 bits per heavy atom. The summed E-state index contributed by atoms with van der Waals surface area (Å²) in [6.07, 6.45) is 1.89. The second-order valence-corrected chi connectivity index (χ2v) is 11.1. The van der Waals surface area contributed by atoms with Crippen LogP contribution in [-0.2, 0) is 31.9 Å². The lowest BCUT2D eigenvalue weighted by Crippen LogP contribution is -2.24. The molecule has 0 aromatic heterocycles. The molecule has 5 heteroatoms. The quantitative estimate of drug-likeness (QED) is 0.778. The van der Waals surface area contributed by atoms with E-state index >= 15 is 0 Å². The number of benzene rings is 2. The molecule has 0 bridgehead atoms. The van der Waals surface area contributed by atoms with E-state index in [1.807, 2.05) is 32.0 Å². The van der Waals surface area contributed by atoms with E-state index in [1.165, 1.54) is 13.2 Å². The van der Waals surface area contributed by atoms with Crippen molar-refractivity contribution in [1.29, 1.82) is 0 Å². The molecule has 2 aromatic rings. The average Bonchev–Trinajstić information content (AvgIpc) is 2.52. The molecule has 2 aromatic carbocycles. The fourth-order valence-corrected chi connectivity index (χ4v) is 4.67. The van der Waals surface area contributed by atoms with Crippen LogP contribution in [0.25, 0.3) is 0 Å². The predicted molar refractivity (Wildman–Crippen MR) is 116 cm³/mol. The van der Waals surface area contributed by atoms with Crippen molar-refractivity contribution >= 4 is 21.4 Å². The molecule has 152 valence electrons. The second kappa shape index (κ2) is 7.70. The highest BCUT2D eigenvalue weighted by Gasteiger charge is 2.28. The molecule has 1 amide bonds. The molecule has 0 spiro atoms. The van der Waals surface area contributed by atoms with Gasteiger partial charge in [-0.1, -0.05) is 65.0 Å². The fourth-order valence-electron chi connectivity index (χ4n) is 3.60. The maximum absolute atomic E-state index is 12.2. The van der Waals surface area contributed by atoms with E-state index in [0.29, 0.717) is 11.3 Å². The standard InChI is InChI=1S/C23H31NO3S/c1-16(25)24-20-14-17(12-13-18(20)22(2,3)4)15-23(5,6)19-10-8-9-11-21(19)28(7,26)27/h8-14H,15H2,1-7H3,(H,24,25). The van der Waals surface area contributed by atoms with Crippen molar-refractivity contribution in [3.8, 4) is 0 Å². The number of carbonyl (C=O) groups is 1. The SMILES string of the molecule is CC(=O)Nc1cc(CC(C)(C)c2ccccc2S(C)(=O)=O)ccc1C(C)(C)C. The topological polar surface area (TPSA) is 63.2 Å². The van der Waals surface area contributed by atoms with Gasteiger partial charge in [-0.05, 0) is 46.1 Å². The highest BCUT2D eigenvalue weighted by molar-refractivity contribution is 7.90. The second-order valence-electron chi connectivity index (χ2n) is 9.14. The van der Waals surface area contributed by atoms with Crippen LogP contribution >= 0.6 is 0 Å². The van der Waals surface area contributed by atoms with Gasteiger partial charge in [0.05, 0.1) is 4.90 Å². The Kier molecular flexibility index (Phi) is 6.10. The van der Waals surface area contributed by atoms with E-state index in [9.17, 15) is 13.2 Å². The summed E-state index contributed by atoms with van der Waals surface area (Å²) in [5.41, 5.74) is 3.24. The lowest BCUT2D eigenvalue weighted by molar-refractivity contribution is -0.114. The summed E-state index contributed by atoms with van der Waals surface area (Å²) in [5.74, 6) is -0.107. The van der Waals surface area contributed by atoms with Gasteiger partial charge >= 0.3 is 0 Å². The average molecular weight is 402 g/mol. The number of carbonyl (C=O) groups excluding carboxylic acids is 1. The zero-order valence-electron chi connectivity index (χ0n) is 17.9. The minimum absolute atomic E-state index is 0.102. The Morgan fingerprint density at radius 3 is 2.11 bits per heavy atom. The minimum Gasteiger partial charge on any atom is -0.326 e. The molecule has 1 N–H and O–H groups in total. The van der Waals surface area contributed by atoms with Crippen LogP contribution in [0.3, 0.4) is 0 Å². The molecule has 0 unspecified atom stereocenters. The molecular weight excluding hydrogens is 370 g/mol. The number of anilines is 1. The first kappa shape index (κ1) is 22.2. The van der Waals surface area contributed by atoms with Crippen LogP contribution in [0.2, 0.25) is 0 Å². The molecule has 0 aliphatic rings. The van der Waals surface area contributed by atoms with Crippen LogP contribution in [0.4, 0.5) is 5.69 Å². The van der Waals surface area contributed by atoms with E-state index in [1.54, 1.807) is 12.1 Å². The third-order valence-corrected chi connectivity index (χ3v) is 6.02. The molecule has 0 aliphatic carbocycles. The van der Waals surface area contributed by atoms with Gasteiger partial charge in [0.15, 0.2) is 9.84 Å². The molecule has 0 saturated heterocycles. The van der Waals surface area contributed by atoms with Gasteiger partial charge in [0, 0.05) is 18.9 Å². The van der Waals surface area contributed by atoms with E-state index in [0.717, 1.165) is 22.4 Å². The summed E-state index contributed by atoms with van der Waals surface area (Å²) < 4.78 is 24.5. The van der Waals surface area contributed by atoms with Gasteiger partial charge in [0.2, 0.25) is 5.91 Å². The van der Waals surface area contributed by atoms with Gasteiger partial charge in [-0.2, -0.15) is 0 Å². The molecule has 0 aliphatic heterocycles. The lowest BCUT2D eigenvalue weighted by atomic mass is 9.78. The Labute approximate surface area is 169 Å². The summed E-state index contributed by atoms with van der Waals surface area (Å²) in [6, 6.07) is 13.3. The third kappa shape index (κ3) is 5.22. The largest absolute Gasteiger partial charge is 0.326 e. The maximum Gasteiger partial charge on any atom is 0.221 e. The van der Waals surface area contributed by atoms with Crippen LogP contribution in [-0.4, -0.2) is 20.6 Å². The molecule has 0 saturated carbocycles. The Bertz CT molecular complexity index is 983. The smallest absolute Gasteiger partial charge is 0.221 e. The Hall–Kier alpha value is -2.14. The Morgan fingerprint density at radius 1 is 0.964 bits per heavy atom. The Balaban J connectivity index is 2.49. The van der Waals surface area contributed by atoms with Crippen molar-refractivity contribution in [2.75, 3.05) is 11.6 Å². The molecule has 2 rings (SSSR count). The zero-order valence-corrected chi connectivity index (χ0v) is 18.7. The van der Waals surface area contributed by atoms with Crippen molar-refractivity contribution in [3.05, 3.63) is 59.2 Å². The number of hydrogen-bond acceptors (Lipinski definition) is 3. The van der Waals surface area contributed by atoms with Crippen LogP contribution in [0.5, 0.6) is 0 Å². The summed E-state index contributed by atoms with van der Waals surface area (Å²) in [4.78, 5) is 12.1. The number of hydrogen-bond donors (Lipinski definition) is 1. The van der Waals surface area contributed by atoms with Crippen molar-refractivity contribution in [3.63, 3.8) is 0 Å². The number of amides is 1. The van der Waals surface area contributed by atoms with Crippen molar-refractivity contribution in [1.82, 2.24) is 0 Å². The van der Waals surface area contributed by atoms with Crippen molar-refractivity contribution in [2.45, 2.75) is 63.7 Å². The lowest BCUT2D eigenvalue weighted by Gasteiger charge is -2.29. The molecule has 0 radical (unpaired) electrons. The first-order valence-electron chi connectivity index (χ1n) is 9.42. The first-order valence-corrected chi connectivity index (χ1v) is 11.3. The molecular formula is C23H31NO3S. The van der Waals surface area contributed by atoms with E-state index < -0.39 is 15.3 Å². The van der Waals surface area contributed by atoms with Gasteiger partial charge in [-0.3, -0.25) is 4.79 Å². The highest BCUT2D eigenvalue weighted by atomic mass is 32.2. The number of nitrogens with one attached hydrogen (secondary N) is 1. The number of sulfone groups is 1. The van der Waals surface area contributed by atoms with Crippen LogP contribution in [0.1, 0.15) is 58.2 Å². The van der Waals surface area contributed by atoms with Gasteiger partial charge in [0.1, 0.15) is 0 Å². The van der Waals surface area contributed by atoms with Crippen LogP contribution in [0.15, 0.2) is 47.4 Å². The summed E-state index contributed by atoms with van der Waals surface area (Å²) in [7, 11) is -3.32. The molecule has 0 atom stereocenters. The molecule has 4 nitrogen and oxygen atoms in total. The first-order chi connectivity index (χ1) is 12.7. The minimum atomic E-state index is -3.32. The fraction of sp³-hybridized carbons (Fsp3) is 0.435. The summed E-state index contributed by atoms with van der Waals surface area (Å²) in [6.45, 7) is 11.9. The van der Waals surface area contributed by atoms with Gasteiger partial charge in [0.25, 0.3) is 0 Å². The number of rotatable bonds is 5. The van der Waals surface area contributed by atoms with Gasteiger partial charge in [-0.15, -0.1) is 0 Å². The van der Waals surface area contributed by atoms with Crippen molar-refractivity contribution < 1.29 is 13.2 Å². The predicted octanol–water partition coefficient (Wildman–Crippen LogP) is 4.87. The molecule has 0 heterocycles. The van der Waals surface area contributed by atoms with E-state index in [2.05, 4.69) is 38.2 Å². The van der Waals surface area contributed by atoms with E-state index in [4.69, 9.17) is 0 Å². The summed E-state index contributed by atoms with van der Waals surface area (Å²) in [5, 5.41) is 2.95. The highest BCUT2D eigenvalue weighted by Crippen LogP contribution is 2.35. The van der Waals surface area contributed by atoms with Gasteiger partial charge < -0.3 is 5.32 Å².